The first-order valence-corrected chi connectivity index (χ1v) is 47.3. The van der Waals surface area contributed by atoms with Gasteiger partial charge in [-0.25, -0.2) is 51.4 Å². The molecule has 686 valence electrons. The van der Waals surface area contributed by atoms with E-state index in [2.05, 4.69) is 18.1 Å². The fourth-order valence-electron chi connectivity index (χ4n) is 11.1. The van der Waals surface area contributed by atoms with E-state index in [4.69, 9.17) is 82.4 Å². The Morgan fingerprint density at radius 2 is 0.606 bits per heavy atom. The van der Waals surface area contributed by atoms with Crippen LogP contribution >= 0.6 is 49.1 Å². The van der Waals surface area contributed by atoms with Gasteiger partial charge in [0.2, 0.25) is 0 Å². The summed E-state index contributed by atoms with van der Waals surface area (Å²) in [5, 5.41) is 41.9. The predicted molar refractivity (Wildman–Crippen MR) is 409 cm³/mol. The van der Waals surface area contributed by atoms with E-state index >= 15 is 0 Å². The molecule has 56 heteroatoms. The molecule has 12 rings (SSSR count). The molecule has 0 aliphatic carbocycles. The van der Waals surface area contributed by atoms with Gasteiger partial charge in [-0.1, -0.05) is 87.4 Å². The molecule has 0 fully saturated rings. The van der Waals surface area contributed by atoms with Gasteiger partial charge in [0.1, 0.15) is 27.9 Å². The molecule has 5 unspecified atom stereocenters. The summed E-state index contributed by atoms with van der Waals surface area (Å²) in [7, 11) is -21.3. The summed E-state index contributed by atoms with van der Waals surface area (Å²) in [5.74, 6) is -2.78. The second kappa shape index (κ2) is 68.0. The van der Waals surface area contributed by atoms with Gasteiger partial charge in [0.15, 0.2) is 57.5 Å². The fraction of sp³-hybridized carbons (Fsp3) is 0.197. The summed E-state index contributed by atoms with van der Waals surface area (Å²) in [6, 6.07) is 34.0. The summed E-state index contributed by atoms with van der Waals surface area (Å²) in [4.78, 5) is 121. The molecular weight excluding hydrogens is 3850 g/mol. The molecule has 0 saturated heterocycles. The Kier molecular flexibility index (Phi) is 70.9. The molecule has 11 N–H and O–H groups in total. The minimum Gasteiger partial charge on any atom is 0 e. The van der Waals surface area contributed by atoms with Gasteiger partial charge in [-0.15, -0.1) is 0 Å². The van der Waals surface area contributed by atoms with Crippen molar-refractivity contribution in [3.8, 4) is 57.5 Å². The van der Waals surface area contributed by atoms with Crippen molar-refractivity contribution in [3.63, 3.8) is 0 Å². The topological polar surface area (TPSA) is 617 Å². The van der Waals surface area contributed by atoms with Crippen molar-refractivity contribution >= 4 is 104 Å². The maximum Gasteiger partial charge on any atom is 0 e. The zero-order valence-electron chi connectivity index (χ0n) is 65.6. The van der Waals surface area contributed by atoms with Crippen LogP contribution in [-0.2, 0) is 316 Å². The van der Waals surface area contributed by atoms with Gasteiger partial charge in [0.25, 0.3) is 0 Å². The number of phenols is 4. The van der Waals surface area contributed by atoms with Crippen molar-refractivity contribution in [2.75, 3.05) is 0 Å². The van der Waals surface area contributed by atoms with Crippen molar-refractivity contribution < 1.29 is 395 Å². The predicted octanol–water partition coefficient (Wildman–Crippen LogP) is 12.5. The molecule has 0 aliphatic heterocycles. The van der Waals surface area contributed by atoms with Gasteiger partial charge >= 0.3 is 193 Å². The Morgan fingerprint density at radius 3 is 0.913 bits per heavy atom. The summed E-state index contributed by atoms with van der Waals surface area (Å²) in [5.41, 5.74) is 5.27. The SMILES string of the molecule is CCCCc1c(C)c2cc(O)c(O[PH](=O)O)cc2oc1=O.CCCCc1c(C)c2cc(O[PH](=O)O)c(O)cc2oc1=O.Cc1c(Cc2ccccc2)c(=O)oc2cc(O)c(O[PH](=O)O)cc12.Cc1c(Cc2ccccc2)c(=O)oc2cc(O[PH](=O)O)c(O)cc12.O=c1ccc2cc(OP(=O)(O)O)c(O[PH](=O)O)cc2o1.[O]=[W].[O]=[W].[O]=[W].[O]=[W].[O]=[W].[W].[W].[W].[W].[W].[W].[W]. The molecular formula is C71H72O38P6W12. The van der Waals surface area contributed by atoms with Crippen molar-refractivity contribution in [2.45, 2.75) is 92.9 Å². The summed E-state index contributed by atoms with van der Waals surface area (Å²) in [6.45, 7) is 11.2. The molecule has 0 spiro atoms. The van der Waals surface area contributed by atoms with Gasteiger partial charge in [0.05, 0.1) is 0 Å². The Balaban J connectivity index is -0.000000470. The largest absolute Gasteiger partial charge is 0 e. The number of benzene rings is 7. The molecule has 12 aromatic rings. The van der Waals surface area contributed by atoms with Crippen LogP contribution in [0, 0.1) is 27.7 Å². The molecule has 0 bridgehead atoms. The van der Waals surface area contributed by atoms with Crippen molar-refractivity contribution in [3.05, 3.63) is 241 Å². The number of fused-ring (bicyclic) bond motifs is 5. The summed E-state index contributed by atoms with van der Waals surface area (Å²) < 4.78 is 160. The number of phosphoric acid groups is 1. The molecule has 7 aromatic carbocycles. The fourth-order valence-corrected chi connectivity index (χ4v) is 13.2. The van der Waals surface area contributed by atoms with E-state index in [9.17, 15) is 71.8 Å². The summed E-state index contributed by atoms with van der Waals surface area (Å²) in [6.07, 6.45) is 5.68. The third-order valence-electron chi connectivity index (χ3n) is 16.4. The number of unbranched alkanes of at least 4 members (excludes halogenated alkanes) is 2. The normalized spacial score (nSPS) is 11.0. The second-order valence-corrected chi connectivity index (χ2v) is 28.6. The zero-order valence-corrected chi connectivity index (χ0v) is 107. The molecule has 127 heavy (non-hydrogen) atoms. The van der Waals surface area contributed by atoms with Crippen LogP contribution in [0.1, 0.15) is 95.2 Å². The number of aryl methyl sites for hydroxylation is 4. The third kappa shape index (κ3) is 42.0. The van der Waals surface area contributed by atoms with Crippen molar-refractivity contribution in [1.29, 1.82) is 0 Å². The number of aromatic hydroxyl groups is 4. The van der Waals surface area contributed by atoms with Crippen LogP contribution in [0.3, 0.4) is 0 Å². The van der Waals surface area contributed by atoms with E-state index in [-0.39, 0.29) is 227 Å². The van der Waals surface area contributed by atoms with E-state index in [1.54, 1.807) is 27.7 Å². The monoisotopic (exact) mass is 3930 g/mol. The van der Waals surface area contributed by atoms with E-state index in [1.807, 2.05) is 74.5 Å². The average Bonchev–Trinajstić information content (AvgIpc) is 0.808. The van der Waals surface area contributed by atoms with Crippen LogP contribution in [0.5, 0.6) is 57.5 Å². The summed E-state index contributed by atoms with van der Waals surface area (Å²) >= 11 is 1.67. The molecule has 0 radical (unpaired) electrons. The number of phenolic OH excluding ortho intramolecular Hbond substituents is 4. The second-order valence-electron chi connectivity index (χ2n) is 23.8. The Labute approximate surface area is 879 Å². The number of hydrogen-bond acceptors (Lipinski definition) is 31. The van der Waals surface area contributed by atoms with Gasteiger partial charge in [0, 0.05) is 246 Å². The first-order valence-electron chi connectivity index (χ1n) is 33.5. The molecule has 5 atom stereocenters. The van der Waals surface area contributed by atoms with Crippen molar-refractivity contribution in [1.82, 2.24) is 0 Å². The van der Waals surface area contributed by atoms with Crippen LogP contribution in [0.25, 0.3) is 54.8 Å². The van der Waals surface area contributed by atoms with Crippen molar-refractivity contribution in [2.24, 2.45) is 0 Å². The van der Waals surface area contributed by atoms with E-state index in [1.165, 1.54) is 54.6 Å². The molecule has 5 heterocycles. The van der Waals surface area contributed by atoms with Crippen LogP contribution in [0.15, 0.2) is 180 Å². The van der Waals surface area contributed by atoms with Crippen LogP contribution in [0.4, 0.5) is 0 Å². The number of hydrogen-bond donors (Lipinski definition) is 11. The number of rotatable bonds is 22. The molecule has 5 aromatic heterocycles. The number of phosphoric ester groups is 1. The standard InChI is InChI=1S/2C17H15O6P.2C14H17O6P.C9H8O9P2.5O.12W/c1-10-12-8-16(23-24(20)21)14(18)9-15(12)22-17(19)13(10)7-11-5-3-2-4-6-11;1-10-12-8-14(18)16(23-24(20)21)9-15(12)22-17(19)13(10)7-11-5-3-2-4-6-11;1-3-4-5-9-8(2)10-6-13(20-21(17)18)11(15)7-12(10)19-14(9)16;1-3-4-5-9-8(2)10-6-11(15)13(20-21(17)18)7-12(10)19-14(9)16;10-9-2-1-5-3-8(18-20(13,14)15)7(17-19(11)12)4-6(5)16-9;;;;;;;;;;;;;;;;;/h2*2-6,8-9,18,24H,7H2,1H3,(H,20,21);2*6-7,15,21H,3-5H2,1-2H3,(H,17,18);1-4,19H,(H,11,12)(H2,13,14,15);;;;;;;;;;;;;;;;;. The molecule has 0 amide bonds. The quantitative estimate of drug-likeness (QED) is 0.0222. The first-order chi connectivity index (χ1) is 57.0. The Hall–Kier alpha value is -3.05. The van der Waals surface area contributed by atoms with Gasteiger partial charge in [-0.2, -0.15) is 0 Å². The minimum absolute atomic E-state index is 0. The molecule has 0 saturated carbocycles. The van der Waals surface area contributed by atoms with Crippen LogP contribution in [-0.4, -0.2) is 54.7 Å². The van der Waals surface area contributed by atoms with Gasteiger partial charge in [-0.05, 0) is 123 Å². The first kappa shape index (κ1) is 132. The van der Waals surface area contributed by atoms with Crippen LogP contribution in [0.2, 0.25) is 0 Å². The minimum atomic E-state index is -4.89. The van der Waals surface area contributed by atoms with Gasteiger partial charge in [-0.3, -0.25) is 9.79 Å². The zero-order chi connectivity index (χ0) is 90.6. The third-order valence-corrected chi connectivity index (χ3v) is 18.8. The molecule has 0 aliphatic rings. The smallest absolute Gasteiger partial charge is 0 e. The Bertz CT molecular complexity index is 6040. The van der Waals surface area contributed by atoms with E-state index < -0.39 is 88.7 Å². The average molecular weight is 3930 g/mol. The van der Waals surface area contributed by atoms with Gasteiger partial charge < -0.3 is 94.1 Å². The van der Waals surface area contributed by atoms with E-state index in [0.717, 1.165) is 66.1 Å². The van der Waals surface area contributed by atoms with E-state index in [0.29, 0.717) is 179 Å². The van der Waals surface area contributed by atoms with Crippen LogP contribution < -0.4 is 55.3 Å². The maximum atomic E-state index is 12.3. The maximum absolute atomic E-state index is 12.3. The Morgan fingerprint density at radius 1 is 0.339 bits per heavy atom. The molecule has 38 nitrogen and oxygen atoms in total.